The van der Waals surface area contributed by atoms with Crippen LogP contribution in [0.1, 0.15) is 17.2 Å². The van der Waals surface area contributed by atoms with Gasteiger partial charge in [-0.1, -0.05) is 29.8 Å². The van der Waals surface area contributed by atoms with Crippen LogP contribution in [0.25, 0.3) is 0 Å². The summed E-state index contributed by atoms with van der Waals surface area (Å²) in [5.74, 6) is 0.878. The van der Waals surface area contributed by atoms with E-state index in [4.69, 9.17) is 25.8 Å². The molecule has 0 saturated carbocycles. The van der Waals surface area contributed by atoms with Gasteiger partial charge in [0.15, 0.2) is 0 Å². The smallest absolute Gasteiger partial charge is 0.118 e. The number of morpholine rings is 2. The zero-order valence-electron chi connectivity index (χ0n) is 18.2. The Kier molecular flexibility index (Phi) is 8.05. The number of nitrogens with one attached hydrogen (secondary N) is 1. The molecule has 31 heavy (non-hydrogen) atoms. The second-order valence-corrected chi connectivity index (χ2v) is 8.31. The van der Waals surface area contributed by atoms with Crippen molar-refractivity contribution in [2.75, 3.05) is 71.2 Å². The highest BCUT2D eigenvalue weighted by Crippen LogP contribution is 2.29. The van der Waals surface area contributed by atoms with Crippen molar-refractivity contribution in [1.82, 2.24) is 10.2 Å². The Morgan fingerprint density at radius 3 is 2.32 bits per heavy atom. The average molecular weight is 446 g/mol. The van der Waals surface area contributed by atoms with E-state index in [0.717, 1.165) is 82.0 Å². The number of hydrogen-bond donors (Lipinski definition) is 1. The molecular formula is C24H32ClN3O3. The molecule has 1 N–H and O–H groups in total. The second kappa shape index (κ2) is 11.2. The summed E-state index contributed by atoms with van der Waals surface area (Å²) in [6.07, 6.45) is 0. The lowest BCUT2D eigenvalue weighted by Gasteiger charge is -2.35. The number of hydrogen-bond acceptors (Lipinski definition) is 6. The van der Waals surface area contributed by atoms with Gasteiger partial charge >= 0.3 is 0 Å². The van der Waals surface area contributed by atoms with E-state index in [2.05, 4.69) is 33.3 Å². The van der Waals surface area contributed by atoms with Gasteiger partial charge in [-0.3, -0.25) is 4.90 Å². The number of methoxy groups -OCH3 is 1. The Morgan fingerprint density at radius 2 is 1.65 bits per heavy atom. The summed E-state index contributed by atoms with van der Waals surface area (Å²) in [4.78, 5) is 4.86. The van der Waals surface area contributed by atoms with Crippen LogP contribution in [0.3, 0.4) is 0 Å². The van der Waals surface area contributed by atoms with Gasteiger partial charge in [-0.25, -0.2) is 0 Å². The Labute approximate surface area is 190 Å². The molecule has 1 atom stereocenters. The summed E-state index contributed by atoms with van der Waals surface area (Å²) < 4.78 is 16.4. The largest absolute Gasteiger partial charge is 0.497 e. The molecule has 2 heterocycles. The van der Waals surface area contributed by atoms with E-state index < -0.39 is 0 Å². The summed E-state index contributed by atoms with van der Waals surface area (Å²) in [6, 6.07) is 14.8. The molecule has 0 aliphatic carbocycles. The van der Waals surface area contributed by atoms with Crippen LogP contribution in [0.15, 0.2) is 42.5 Å². The molecule has 0 bridgehead atoms. The molecule has 2 aliphatic heterocycles. The lowest BCUT2D eigenvalue weighted by atomic mass is 10.0. The van der Waals surface area contributed by atoms with Crippen molar-refractivity contribution >= 4 is 17.3 Å². The minimum absolute atomic E-state index is 0.268. The summed E-state index contributed by atoms with van der Waals surface area (Å²) in [5.41, 5.74) is 3.64. The van der Waals surface area contributed by atoms with E-state index >= 15 is 0 Å². The average Bonchev–Trinajstić information content (AvgIpc) is 2.84. The minimum Gasteiger partial charge on any atom is -0.497 e. The van der Waals surface area contributed by atoms with Crippen molar-refractivity contribution in [2.24, 2.45) is 0 Å². The van der Waals surface area contributed by atoms with Crippen molar-refractivity contribution in [1.29, 1.82) is 0 Å². The van der Waals surface area contributed by atoms with Crippen molar-refractivity contribution in [3.05, 3.63) is 58.6 Å². The van der Waals surface area contributed by atoms with Gasteiger partial charge in [0.2, 0.25) is 0 Å². The normalized spacial score (nSPS) is 18.7. The first-order valence-electron chi connectivity index (χ1n) is 11.0. The van der Waals surface area contributed by atoms with Crippen LogP contribution in [-0.2, 0) is 16.0 Å². The number of halogens is 1. The monoisotopic (exact) mass is 445 g/mol. The maximum atomic E-state index is 6.62. The zero-order chi connectivity index (χ0) is 21.5. The van der Waals surface area contributed by atoms with E-state index in [1.165, 1.54) is 11.3 Å². The van der Waals surface area contributed by atoms with Crippen LogP contribution in [0, 0.1) is 0 Å². The maximum Gasteiger partial charge on any atom is 0.118 e. The van der Waals surface area contributed by atoms with Gasteiger partial charge in [0.25, 0.3) is 0 Å². The van der Waals surface area contributed by atoms with E-state index in [1.807, 2.05) is 24.3 Å². The highest BCUT2D eigenvalue weighted by molar-refractivity contribution is 6.31. The van der Waals surface area contributed by atoms with Crippen molar-refractivity contribution < 1.29 is 14.2 Å². The fraction of sp³-hybridized carbons (Fsp3) is 0.500. The first-order valence-corrected chi connectivity index (χ1v) is 11.4. The molecule has 0 spiro atoms. The van der Waals surface area contributed by atoms with E-state index in [1.54, 1.807) is 7.11 Å². The number of rotatable bonds is 8. The molecule has 168 valence electrons. The summed E-state index contributed by atoms with van der Waals surface area (Å²) in [6.45, 7) is 8.30. The third-order valence-corrected chi connectivity index (χ3v) is 6.43. The van der Waals surface area contributed by atoms with Crippen LogP contribution in [0.2, 0.25) is 5.02 Å². The minimum atomic E-state index is 0.268. The predicted molar refractivity (Wildman–Crippen MR) is 124 cm³/mol. The van der Waals surface area contributed by atoms with Crippen LogP contribution in [0.4, 0.5) is 5.69 Å². The number of ether oxygens (including phenoxy) is 3. The molecule has 4 rings (SSSR count). The Hall–Kier alpha value is -1.83. The fourth-order valence-electron chi connectivity index (χ4n) is 4.33. The first-order chi connectivity index (χ1) is 15.3. The molecule has 0 unspecified atom stereocenters. The lowest BCUT2D eigenvalue weighted by Crippen LogP contribution is -2.43. The van der Waals surface area contributed by atoms with Crippen molar-refractivity contribution in [3.8, 4) is 5.75 Å². The molecule has 2 fully saturated rings. The molecule has 0 amide bonds. The van der Waals surface area contributed by atoms with E-state index in [-0.39, 0.29) is 6.04 Å². The number of nitrogens with zero attached hydrogens (tertiary/aromatic N) is 2. The van der Waals surface area contributed by atoms with Crippen LogP contribution < -0.4 is 15.0 Å². The fourth-order valence-corrected chi connectivity index (χ4v) is 4.57. The first kappa shape index (κ1) is 22.4. The van der Waals surface area contributed by atoms with Crippen LogP contribution >= 0.6 is 11.6 Å². The van der Waals surface area contributed by atoms with Gasteiger partial charge in [-0.2, -0.15) is 0 Å². The van der Waals surface area contributed by atoms with E-state index in [0.29, 0.717) is 0 Å². The SMILES string of the molecule is COc1ccc([C@@H](CNCc2c(Cl)cccc2N2CCOCC2)N2CCOCC2)cc1. The molecular weight excluding hydrogens is 414 g/mol. The summed E-state index contributed by atoms with van der Waals surface area (Å²) in [7, 11) is 1.70. The topological polar surface area (TPSA) is 46.2 Å². The third-order valence-electron chi connectivity index (χ3n) is 6.07. The number of anilines is 1. The van der Waals surface area contributed by atoms with Crippen molar-refractivity contribution in [2.45, 2.75) is 12.6 Å². The van der Waals surface area contributed by atoms with Gasteiger partial charge in [0.05, 0.1) is 33.5 Å². The number of benzene rings is 2. The van der Waals surface area contributed by atoms with E-state index in [9.17, 15) is 0 Å². The molecule has 0 aromatic heterocycles. The maximum absolute atomic E-state index is 6.62. The Bertz CT molecular complexity index is 821. The quantitative estimate of drug-likeness (QED) is 0.672. The third kappa shape index (κ3) is 5.70. The van der Waals surface area contributed by atoms with Gasteiger partial charge in [-0.05, 0) is 29.8 Å². The molecule has 2 aromatic rings. The predicted octanol–water partition coefficient (Wildman–Crippen LogP) is 3.35. The molecule has 6 nitrogen and oxygen atoms in total. The molecule has 7 heteroatoms. The molecule has 2 aromatic carbocycles. The van der Waals surface area contributed by atoms with Gasteiger partial charge < -0.3 is 24.4 Å². The van der Waals surface area contributed by atoms with Gasteiger partial charge in [0.1, 0.15) is 5.75 Å². The Morgan fingerprint density at radius 1 is 0.968 bits per heavy atom. The Balaban J connectivity index is 1.47. The highest BCUT2D eigenvalue weighted by atomic mass is 35.5. The van der Waals surface area contributed by atoms with Crippen LogP contribution in [-0.4, -0.2) is 71.2 Å². The summed E-state index contributed by atoms with van der Waals surface area (Å²) >= 11 is 6.62. The van der Waals surface area contributed by atoms with Gasteiger partial charge in [-0.15, -0.1) is 0 Å². The molecule has 0 radical (unpaired) electrons. The van der Waals surface area contributed by atoms with Crippen molar-refractivity contribution in [3.63, 3.8) is 0 Å². The second-order valence-electron chi connectivity index (χ2n) is 7.91. The molecule has 2 aliphatic rings. The highest BCUT2D eigenvalue weighted by Gasteiger charge is 2.23. The summed E-state index contributed by atoms with van der Waals surface area (Å²) in [5, 5.41) is 4.50. The van der Waals surface area contributed by atoms with Crippen LogP contribution in [0.5, 0.6) is 5.75 Å². The standard InChI is InChI=1S/C24H32ClN3O3/c1-29-20-7-5-19(6-8-20)24(28-11-15-31-16-12-28)18-26-17-21-22(25)3-2-4-23(21)27-9-13-30-14-10-27/h2-8,24,26H,9-18H2,1H3/t24-/m1/s1. The molecule has 2 saturated heterocycles. The van der Waals surface area contributed by atoms with Gasteiger partial charge in [0, 0.05) is 61.6 Å². The lowest BCUT2D eigenvalue weighted by molar-refractivity contribution is 0.0161. The zero-order valence-corrected chi connectivity index (χ0v) is 18.9.